The largest absolute Gasteiger partial charge is 0.271 e. The third kappa shape index (κ3) is 2.89. The maximum Gasteiger partial charge on any atom is 0.0523 e. The monoisotopic (exact) mass is 297 g/mol. The van der Waals surface area contributed by atoms with Gasteiger partial charge in [0.2, 0.25) is 0 Å². The number of hydrogen-bond donors (Lipinski definition) is 2. The molecule has 0 aliphatic rings. The fourth-order valence-electron chi connectivity index (χ4n) is 1.52. The lowest BCUT2D eigenvalue weighted by molar-refractivity contribution is 0.554. The minimum Gasteiger partial charge on any atom is -0.271 e. The van der Waals surface area contributed by atoms with Crippen LogP contribution in [-0.2, 0) is 6.42 Å². The highest BCUT2D eigenvalue weighted by atomic mass is 79.9. The van der Waals surface area contributed by atoms with Crippen molar-refractivity contribution in [2.24, 2.45) is 5.84 Å². The van der Waals surface area contributed by atoms with Gasteiger partial charge in [-0.1, -0.05) is 6.07 Å². The van der Waals surface area contributed by atoms with Crippen molar-refractivity contribution in [3.8, 4) is 0 Å². The second-order valence-electron chi connectivity index (χ2n) is 3.44. The highest BCUT2D eigenvalue weighted by molar-refractivity contribution is 9.10. The quantitative estimate of drug-likeness (QED) is 0.674. The van der Waals surface area contributed by atoms with E-state index in [2.05, 4.69) is 37.8 Å². The van der Waals surface area contributed by atoms with Crippen molar-refractivity contribution in [1.29, 1.82) is 0 Å². The number of hydrogen-bond acceptors (Lipinski definition) is 4. The SMILES string of the molecule is NNC(Cc1cc(Br)cs1)c1cccnc1. The lowest BCUT2D eigenvalue weighted by Crippen LogP contribution is -2.29. The number of pyridine rings is 1. The van der Waals surface area contributed by atoms with Crippen molar-refractivity contribution in [2.75, 3.05) is 0 Å². The molecule has 2 heterocycles. The molecule has 0 radical (unpaired) electrons. The molecule has 0 aromatic carbocycles. The van der Waals surface area contributed by atoms with Crippen molar-refractivity contribution in [3.63, 3.8) is 0 Å². The average molecular weight is 298 g/mol. The Bertz CT molecular complexity index is 444. The molecule has 0 spiro atoms. The summed E-state index contributed by atoms with van der Waals surface area (Å²) >= 11 is 5.17. The summed E-state index contributed by atoms with van der Waals surface area (Å²) in [6.45, 7) is 0. The van der Waals surface area contributed by atoms with Crippen LogP contribution >= 0.6 is 27.3 Å². The first kappa shape index (κ1) is 11.7. The maximum atomic E-state index is 5.57. The molecular formula is C11H12BrN3S. The molecule has 1 unspecified atom stereocenters. The van der Waals surface area contributed by atoms with Crippen LogP contribution in [0.3, 0.4) is 0 Å². The van der Waals surface area contributed by atoms with Crippen molar-refractivity contribution in [2.45, 2.75) is 12.5 Å². The third-order valence-corrected chi connectivity index (χ3v) is 4.03. The van der Waals surface area contributed by atoms with Crippen molar-refractivity contribution in [3.05, 3.63) is 50.9 Å². The first-order valence-corrected chi connectivity index (χ1v) is 6.56. The first-order valence-electron chi connectivity index (χ1n) is 4.88. The van der Waals surface area contributed by atoms with Gasteiger partial charge < -0.3 is 0 Å². The van der Waals surface area contributed by atoms with Gasteiger partial charge in [0, 0.05) is 33.5 Å². The summed E-state index contributed by atoms with van der Waals surface area (Å²) in [5.74, 6) is 5.57. The van der Waals surface area contributed by atoms with Crippen molar-refractivity contribution in [1.82, 2.24) is 10.4 Å². The number of nitrogens with two attached hydrogens (primary N) is 1. The van der Waals surface area contributed by atoms with Gasteiger partial charge in [0.05, 0.1) is 6.04 Å². The Morgan fingerprint density at radius 2 is 2.44 bits per heavy atom. The molecule has 0 aliphatic carbocycles. The van der Waals surface area contributed by atoms with E-state index >= 15 is 0 Å². The van der Waals surface area contributed by atoms with E-state index in [1.54, 1.807) is 17.5 Å². The fourth-order valence-corrected chi connectivity index (χ4v) is 3.02. The Kier molecular flexibility index (Phi) is 4.06. The molecule has 1 atom stereocenters. The van der Waals surface area contributed by atoms with Gasteiger partial charge in [-0.05, 0) is 33.6 Å². The van der Waals surface area contributed by atoms with E-state index in [4.69, 9.17) is 5.84 Å². The number of halogens is 1. The van der Waals surface area contributed by atoms with E-state index in [0.29, 0.717) is 0 Å². The molecule has 2 rings (SSSR count). The van der Waals surface area contributed by atoms with Gasteiger partial charge in [-0.2, -0.15) is 0 Å². The molecule has 5 heteroatoms. The summed E-state index contributed by atoms with van der Waals surface area (Å²) in [5, 5.41) is 2.08. The Hall–Kier alpha value is -0.750. The van der Waals surface area contributed by atoms with Crippen LogP contribution in [0.4, 0.5) is 0 Å². The van der Waals surface area contributed by atoms with Gasteiger partial charge in [-0.3, -0.25) is 16.3 Å². The molecule has 2 aromatic rings. The number of thiophene rings is 1. The van der Waals surface area contributed by atoms with Crippen LogP contribution in [0.2, 0.25) is 0 Å². The van der Waals surface area contributed by atoms with Crippen LogP contribution in [0, 0.1) is 0 Å². The summed E-state index contributed by atoms with van der Waals surface area (Å²) in [5.41, 5.74) is 3.93. The predicted octanol–water partition coefficient (Wildman–Crippen LogP) is 2.65. The molecule has 0 saturated carbocycles. The van der Waals surface area contributed by atoms with E-state index in [9.17, 15) is 0 Å². The molecule has 0 bridgehead atoms. The zero-order valence-corrected chi connectivity index (χ0v) is 11.0. The highest BCUT2D eigenvalue weighted by Crippen LogP contribution is 2.24. The van der Waals surface area contributed by atoms with Gasteiger partial charge in [0.1, 0.15) is 0 Å². The number of hydrazine groups is 1. The lowest BCUT2D eigenvalue weighted by atomic mass is 10.1. The molecule has 3 nitrogen and oxygen atoms in total. The number of nitrogens with zero attached hydrogens (tertiary/aromatic N) is 1. The molecule has 2 aromatic heterocycles. The van der Waals surface area contributed by atoms with Gasteiger partial charge >= 0.3 is 0 Å². The van der Waals surface area contributed by atoms with Gasteiger partial charge in [-0.25, -0.2) is 0 Å². The van der Waals surface area contributed by atoms with E-state index in [1.165, 1.54) is 4.88 Å². The first-order chi connectivity index (χ1) is 7.79. The summed E-state index contributed by atoms with van der Waals surface area (Å²) in [6.07, 6.45) is 4.48. The molecule has 84 valence electrons. The number of rotatable bonds is 4. The normalized spacial score (nSPS) is 12.6. The van der Waals surface area contributed by atoms with Crippen LogP contribution in [0.1, 0.15) is 16.5 Å². The van der Waals surface area contributed by atoms with Gasteiger partial charge in [-0.15, -0.1) is 11.3 Å². The topological polar surface area (TPSA) is 50.9 Å². The number of nitrogens with one attached hydrogen (secondary N) is 1. The van der Waals surface area contributed by atoms with Crippen LogP contribution in [0.15, 0.2) is 40.4 Å². The summed E-state index contributed by atoms with van der Waals surface area (Å²) in [4.78, 5) is 5.39. The standard InChI is InChI=1S/C11H12BrN3S/c12-9-4-10(16-7-9)5-11(15-13)8-2-1-3-14-6-8/h1-4,6-7,11,15H,5,13H2. The van der Waals surface area contributed by atoms with Crippen LogP contribution in [0.5, 0.6) is 0 Å². The lowest BCUT2D eigenvalue weighted by Gasteiger charge is -2.14. The fraction of sp³-hybridized carbons (Fsp3) is 0.182. The second kappa shape index (κ2) is 5.54. The van der Waals surface area contributed by atoms with Crippen LogP contribution < -0.4 is 11.3 Å². The van der Waals surface area contributed by atoms with Crippen molar-refractivity contribution >= 4 is 27.3 Å². The molecule has 0 amide bonds. The van der Waals surface area contributed by atoms with Gasteiger partial charge in [0.25, 0.3) is 0 Å². The minimum absolute atomic E-state index is 0.110. The summed E-state index contributed by atoms with van der Waals surface area (Å²) in [6, 6.07) is 6.18. The summed E-state index contributed by atoms with van der Waals surface area (Å²) in [7, 11) is 0. The Balaban J connectivity index is 2.12. The number of aromatic nitrogens is 1. The van der Waals surface area contributed by atoms with Gasteiger partial charge in [0.15, 0.2) is 0 Å². The van der Waals surface area contributed by atoms with Crippen molar-refractivity contribution < 1.29 is 0 Å². The average Bonchev–Trinajstić information content (AvgIpc) is 2.73. The molecule has 0 aliphatic heterocycles. The Morgan fingerprint density at radius 3 is 3.00 bits per heavy atom. The minimum atomic E-state index is 0.110. The molecule has 3 N–H and O–H groups in total. The van der Waals surface area contributed by atoms with Crippen LogP contribution in [-0.4, -0.2) is 4.98 Å². The maximum absolute atomic E-state index is 5.57. The molecule has 0 saturated heterocycles. The van der Waals surface area contributed by atoms with Crippen LogP contribution in [0.25, 0.3) is 0 Å². The zero-order valence-electron chi connectivity index (χ0n) is 8.56. The summed E-state index contributed by atoms with van der Waals surface area (Å²) < 4.78 is 1.12. The predicted molar refractivity (Wildman–Crippen MR) is 70.0 cm³/mol. The highest BCUT2D eigenvalue weighted by Gasteiger charge is 2.11. The smallest absolute Gasteiger partial charge is 0.0523 e. The zero-order chi connectivity index (χ0) is 11.4. The van der Waals surface area contributed by atoms with E-state index < -0.39 is 0 Å². The Labute approximate surface area is 107 Å². The molecule has 0 fully saturated rings. The van der Waals surface area contributed by atoms with E-state index in [0.717, 1.165) is 16.5 Å². The second-order valence-corrected chi connectivity index (χ2v) is 5.35. The molecular weight excluding hydrogens is 286 g/mol. The third-order valence-electron chi connectivity index (χ3n) is 2.32. The molecule has 16 heavy (non-hydrogen) atoms. The van der Waals surface area contributed by atoms with E-state index in [1.807, 2.05) is 18.3 Å². The Morgan fingerprint density at radius 1 is 1.56 bits per heavy atom. The van der Waals surface area contributed by atoms with E-state index in [-0.39, 0.29) is 6.04 Å².